The van der Waals surface area contributed by atoms with Crippen LogP contribution in [0.3, 0.4) is 0 Å². The highest BCUT2D eigenvalue weighted by atomic mass is 79.9. The van der Waals surface area contributed by atoms with E-state index in [-0.39, 0.29) is 5.69 Å². The fraction of sp³-hybridized carbons (Fsp3) is 0.250. The average Bonchev–Trinajstić information content (AvgIpc) is 2.02. The second kappa shape index (κ2) is 4.08. The molecular weight excluding hydrogens is 263 g/mol. The van der Waals surface area contributed by atoms with Crippen molar-refractivity contribution in [1.29, 1.82) is 0 Å². The number of carbonyl (C=O) groups is 1. The molecule has 0 spiro atoms. The first-order valence-electron chi connectivity index (χ1n) is 3.61. The Kier molecular flexibility index (Phi) is 3.25. The summed E-state index contributed by atoms with van der Waals surface area (Å²) in [6.07, 6.45) is -5.51. The molecule has 1 rings (SSSR count). The molecule has 0 bridgehead atoms. The summed E-state index contributed by atoms with van der Waals surface area (Å²) in [4.78, 5) is 14.3. The van der Waals surface area contributed by atoms with Crippen molar-refractivity contribution in [3.05, 3.63) is 28.5 Å². The Morgan fingerprint density at radius 3 is 2.57 bits per heavy atom. The van der Waals surface area contributed by atoms with Gasteiger partial charge in [0.2, 0.25) is 5.78 Å². The standard InChI is InChI=1S/C8H5BrF3NO/c9-7-3-1-2-5(13-7)4-6(14)8(10,11)12/h1-3H,4H2. The number of halogens is 4. The molecule has 0 saturated heterocycles. The van der Waals surface area contributed by atoms with Gasteiger partial charge in [-0.25, -0.2) is 4.98 Å². The van der Waals surface area contributed by atoms with Crippen LogP contribution in [0.1, 0.15) is 5.69 Å². The first-order valence-corrected chi connectivity index (χ1v) is 4.40. The van der Waals surface area contributed by atoms with Crippen LogP contribution in [0.5, 0.6) is 0 Å². The fourth-order valence-corrected chi connectivity index (χ4v) is 1.19. The molecule has 0 unspecified atom stereocenters. The zero-order chi connectivity index (χ0) is 10.8. The van der Waals surface area contributed by atoms with E-state index < -0.39 is 18.4 Å². The summed E-state index contributed by atoms with van der Waals surface area (Å²) in [5, 5.41) is 0. The Morgan fingerprint density at radius 2 is 2.07 bits per heavy atom. The first-order chi connectivity index (χ1) is 6.39. The maximum Gasteiger partial charge on any atom is 0.450 e. The molecule has 0 aliphatic carbocycles. The van der Waals surface area contributed by atoms with Crippen LogP contribution in [0.15, 0.2) is 22.8 Å². The van der Waals surface area contributed by atoms with E-state index in [0.717, 1.165) is 0 Å². The zero-order valence-corrected chi connectivity index (χ0v) is 8.39. The maximum atomic E-state index is 11.8. The summed E-state index contributed by atoms with van der Waals surface area (Å²) < 4.78 is 35.9. The van der Waals surface area contributed by atoms with Gasteiger partial charge in [0.1, 0.15) is 4.60 Å². The second-order valence-electron chi connectivity index (χ2n) is 2.55. The number of carbonyl (C=O) groups excluding carboxylic acids is 1. The zero-order valence-electron chi connectivity index (χ0n) is 6.81. The van der Waals surface area contributed by atoms with Gasteiger partial charge in [0.25, 0.3) is 0 Å². The van der Waals surface area contributed by atoms with Gasteiger partial charge in [-0.2, -0.15) is 13.2 Å². The lowest BCUT2D eigenvalue weighted by molar-refractivity contribution is -0.170. The van der Waals surface area contributed by atoms with Gasteiger partial charge in [0.05, 0.1) is 6.42 Å². The number of alkyl halides is 3. The number of Topliss-reactive ketones (excluding diaryl/α,β-unsaturated/α-hetero) is 1. The summed E-state index contributed by atoms with van der Waals surface area (Å²) in [6.45, 7) is 0. The molecule has 0 atom stereocenters. The third kappa shape index (κ3) is 3.10. The van der Waals surface area contributed by atoms with Gasteiger partial charge in [0, 0.05) is 5.69 Å². The molecule has 0 amide bonds. The molecular formula is C8H5BrF3NO. The van der Waals surface area contributed by atoms with Crippen LogP contribution in [-0.2, 0) is 11.2 Å². The van der Waals surface area contributed by atoms with Crippen molar-refractivity contribution >= 4 is 21.7 Å². The van der Waals surface area contributed by atoms with Crippen LogP contribution in [-0.4, -0.2) is 16.9 Å². The van der Waals surface area contributed by atoms with Crippen molar-refractivity contribution in [3.63, 3.8) is 0 Å². The Balaban J connectivity index is 2.75. The number of pyridine rings is 1. The average molecular weight is 268 g/mol. The third-order valence-corrected chi connectivity index (χ3v) is 1.87. The summed E-state index contributed by atoms with van der Waals surface area (Å²) >= 11 is 3.00. The summed E-state index contributed by atoms with van der Waals surface area (Å²) in [7, 11) is 0. The summed E-state index contributed by atoms with van der Waals surface area (Å²) in [5.41, 5.74) is 0.0988. The van der Waals surface area contributed by atoms with Gasteiger partial charge in [0.15, 0.2) is 0 Å². The monoisotopic (exact) mass is 267 g/mol. The lowest BCUT2D eigenvalue weighted by Crippen LogP contribution is -2.24. The quantitative estimate of drug-likeness (QED) is 0.771. The molecule has 1 heterocycles. The Morgan fingerprint density at radius 1 is 1.43 bits per heavy atom. The molecule has 76 valence electrons. The number of aromatic nitrogens is 1. The molecule has 0 fully saturated rings. The van der Waals surface area contributed by atoms with Crippen molar-refractivity contribution in [2.75, 3.05) is 0 Å². The van der Waals surface area contributed by atoms with E-state index in [9.17, 15) is 18.0 Å². The Labute approximate surface area is 86.3 Å². The molecule has 1 aromatic rings. The van der Waals surface area contributed by atoms with Crippen LogP contribution in [0, 0.1) is 0 Å². The number of rotatable bonds is 2. The minimum atomic E-state index is -4.79. The number of ketones is 1. The van der Waals surface area contributed by atoms with Crippen molar-refractivity contribution in [2.45, 2.75) is 12.6 Å². The van der Waals surface area contributed by atoms with E-state index in [1.54, 1.807) is 6.07 Å². The van der Waals surface area contributed by atoms with Crippen LogP contribution >= 0.6 is 15.9 Å². The number of hydrogen-bond donors (Lipinski definition) is 0. The maximum absolute atomic E-state index is 11.8. The first kappa shape index (κ1) is 11.2. The minimum absolute atomic E-state index is 0.0988. The van der Waals surface area contributed by atoms with Crippen LogP contribution in [0.25, 0.3) is 0 Å². The van der Waals surface area contributed by atoms with Crippen LogP contribution < -0.4 is 0 Å². The van der Waals surface area contributed by atoms with Crippen molar-refractivity contribution < 1.29 is 18.0 Å². The third-order valence-electron chi connectivity index (χ3n) is 1.43. The topological polar surface area (TPSA) is 30.0 Å². The molecule has 0 N–H and O–H groups in total. The minimum Gasteiger partial charge on any atom is -0.289 e. The van der Waals surface area contributed by atoms with Crippen LogP contribution in [0.4, 0.5) is 13.2 Å². The molecule has 0 saturated carbocycles. The van der Waals surface area contributed by atoms with Gasteiger partial charge >= 0.3 is 6.18 Å². The number of nitrogens with zero attached hydrogens (tertiary/aromatic N) is 1. The summed E-state index contributed by atoms with van der Waals surface area (Å²) in [5.74, 6) is -1.79. The lowest BCUT2D eigenvalue weighted by Gasteiger charge is -2.04. The van der Waals surface area contributed by atoms with Crippen molar-refractivity contribution in [2.24, 2.45) is 0 Å². The normalized spacial score (nSPS) is 11.4. The SMILES string of the molecule is O=C(Cc1cccc(Br)n1)C(F)(F)F. The van der Waals surface area contributed by atoms with Gasteiger partial charge in [-0.05, 0) is 28.1 Å². The highest BCUT2D eigenvalue weighted by Gasteiger charge is 2.37. The highest BCUT2D eigenvalue weighted by molar-refractivity contribution is 9.10. The van der Waals surface area contributed by atoms with E-state index in [2.05, 4.69) is 20.9 Å². The van der Waals surface area contributed by atoms with E-state index in [1.165, 1.54) is 12.1 Å². The molecule has 0 aliphatic heterocycles. The lowest BCUT2D eigenvalue weighted by atomic mass is 10.2. The smallest absolute Gasteiger partial charge is 0.289 e. The van der Waals surface area contributed by atoms with Gasteiger partial charge in [-0.1, -0.05) is 6.07 Å². The largest absolute Gasteiger partial charge is 0.450 e. The highest BCUT2D eigenvalue weighted by Crippen LogP contribution is 2.18. The Hall–Kier alpha value is -0.910. The van der Waals surface area contributed by atoms with E-state index in [4.69, 9.17) is 0 Å². The summed E-state index contributed by atoms with van der Waals surface area (Å²) in [6, 6.07) is 4.46. The molecule has 6 heteroatoms. The van der Waals surface area contributed by atoms with E-state index in [0.29, 0.717) is 4.60 Å². The molecule has 1 aromatic heterocycles. The predicted molar refractivity (Wildman–Crippen MR) is 46.7 cm³/mol. The van der Waals surface area contributed by atoms with Gasteiger partial charge < -0.3 is 0 Å². The van der Waals surface area contributed by atoms with Crippen LogP contribution in [0.2, 0.25) is 0 Å². The van der Waals surface area contributed by atoms with E-state index >= 15 is 0 Å². The number of hydrogen-bond acceptors (Lipinski definition) is 2. The molecule has 2 nitrogen and oxygen atoms in total. The van der Waals surface area contributed by atoms with Crippen molar-refractivity contribution in [1.82, 2.24) is 4.98 Å². The van der Waals surface area contributed by atoms with Crippen molar-refractivity contribution in [3.8, 4) is 0 Å². The second-order valence-corrected chi connectivity index (χ2v) is 3.36. The Bertz CT molecular complexity index is 351. The molecule has 0 aromatic carbocycles. The molecule has 0 aliphatic rings. The van der Waals surface area contributed by atoms with Gasteiger partial charge in [-0.15, -0.1) is 0 Å². The van der Waals surface area contributed by atoms with E-state index in [1.807, 2.05) is 0 Å². The fourth-order valence-electron chi connectivity index (χ4n) is 0.813. The predicted octanol–water partition coefficient (Wildman–Crippen LogP) is 2.52. The van der Waals surface area contributed by atoms with Gasteiger partial charge in [-0.3, -0.25) is 4.79 Å². The molecule has 0 radical (unpaired) electrons. The molecule has 14 heavy (non-hydrogen) atoms.